The first-order valence-electron chi connectivity index (χ1n) is 6.14. The van der Waals surface area contributed by atoms with E-state index >= 15 is 0 Å². The van der Waals surface area contributed by atoms with Crippen LogP contribution in [0.2, 0.25) is 0 Å². The van der Waals surface area contributed by atoms with Crippen LogP contribution in [0.4, 0.5) is 0 Å². The molecule has 0 radical (unpaired) electrons. The van der Waals surface area contributed by atoms with Gasteiger partial charge in [0.25, 0.3) is 0 Å². The summed E-state index contributed by atoms with van der Waals surface area (Å²) in [6, 6.07) is -1.35. The number of aliphatic hydroxyl groups excluding tert-OH is 4. The molecule has 0 aromatic rings. The summed E-state index contributed by atoms with van der Waals surface area (Å²) in [5.41, 5.74) is 0. The van der Waals surface area contributed by atoms with E-state index < -0.39 is 30.4 Å². The lowest BCUT2D eigenvalue weighted by molar-refractivity contribution is -0.119. The van der Waals surface area contributed by atoms with E-state index in [1.165, 1.54) is 6.92 Å². The van der Waals surface area contributed by atoms with Gasteiger partial charge in [-0.2, -0.15) is 0 Å². The zero-order valence-corrected chi connectivity index (χ0v) is 10.2. The summed E-state index contributed by atoms with van der Waals surface area (Å²) < 4.78 is 0. The molecule has 0 aromatic heterocycles. The highest BCUT2D eigenvalue weighted by Gasteiger charge is 2.56. The minimum atomic E-state index is -1.06. The van der Waals surface area contributed by atoms with Crippen LogP contribution in [0.1, 0.15) is 13.3 Å². The lowest BCUT2D eigenvalue weighted by Gasteiger charge is -2.29. The van der Waals surface area contributed by atoms with Gasteiger partial charge < -0.3 is 25.7 Å². The predicted molar refractivity (Wildman–Crippen MR) is 61.6 cm³/mol. The highest BCUT2D eigenvalue weighted by molar-refractivity contribution is 5.72. The van der Waals surface area contributed by atoms with Crippen molar-refractivity contribution >= 4 is 5.91 Å². The van der Waals surface area contributed by atoms with E-state index in [1.807, 2.05) is 0 Å². The van der Waals surface area contributed by atoms with Gasteiger partial charge >= 0.3 is 0 Å². The van der Waals surface area contributed by atoms with Gasteiger partial charge in [-0.05, 0) is 6.42 Å². The van der Waals surface area contributed by atoms with E-state index in [0.717, 1.165) is 0 Å². The van der Waals surface area contributed by atoms with E-state index in [-0.39, 0.29) is 25.1 Å². The van der Waals surface area contributed by atoms with Crippen LogP contribution in [0, 0.1) is 0 Å². The van der Waals surface area contributed by atoms with Crippen LogP contribution in [0.5, 0.6) is 0 Å². The average molecular weight is 260 g/mol. The summed E-state index contributed by atoms with van der Waals surface area (Å²) in [6.45, 7) is 1.41. The van der Waals surface area contributed by atoms with Gasteiger partial charge in [0.1, 0.15) is 0 Å². The van der Waals surface area contributed by atoms with Crippen LogP contribution in [-0.2, 0) is 4.79 Å². The standard InChI is InChI=1S/C11H20N2O5/c1-5(15)12-3-7-10(17)11(18)9-8(16)2-6(4-14)13(7)9/h6-11,14,16-18H,2-4H2,1H3,(H,12,15)/t6-,7+,8+,9?,10+,11-/m0/s1. The third-order valence-corrected chi connectivity index (χ3v) is 3.92. The third-order valence-electron chi connectivity index (χ3n) is 3.92. The second-order valence-corrected chi connectivity index (χ2v) is 5.06. The smallest absolute Gasteiger partial charge is 0.216 e. The number of carbonyl (C=O) groups is 1. The summed E-state index contributed by atoms with van der Waals surface area (Å²) in [7, 11) is 0. The number of fused-ring (bicyclic) bond motifs is 1. The highest BCUT2D eigenvalue weighted by atomic mass is 16.3. The van der Waals surface area contributed by atoms with E-state index in [2.05, 4.69) is 5.32 Å². The lowest BCUT2D eigenvalue weighted by Crippen LogP contribution is -2.49. The van der Waals surface area contributed by atoms with E-state index in [4.69, 9.17) is 0 Å². The SMILES string of the molecule is CC(=O)NC[C@@H]1[C@@H](O)[C@@H](O)C2[C@H](O)C[C@@H](CO)N21. The fourth-order valence-electron chi connectivity index (χ4n) is 3.13. The summed E-state index contributed by atoms with van der Waals surface area (Å²) in [4.78, 5) is 12.7. The predicted octanol–water partition coefficient (Wildman–Crippen LogP) is -2.98. The molecule has 0 saturated carbocycles. The number of nitrogens with zero attached hydrogens (tertiary/aromatic N) is 1. The monoisotopic (exact) mass is 260 g/mol. The Balaban J connectivity index is 2.15. The Morgan fingerprint density at radius 2 is 2.00 bits per heavy atom. The molecule has 6 atom stereocenters. The first kappa shape index (κ1) is 13.7. The lowest BCUT2D eigenvalue weighted by atomic mass is 10.0. The third kappa shape index (κ3) is 2.12. The van der Waals surface area contributed by atoms with Gasteiger partial charge in [-0.3, -0.25) is 9.69 Å². The minimum absolute atomic E-state index is 0.149. The van der Waals surface area contributed by atoms with E-state index in [1.54, 1.807) is 4.90 Å². The number of nitrogens with one attached hydrogen (secondary N) is 1. The molecule has 0 aromatic carbocycles. The first-order chi connectivity index (χ1) is 8.47. The topological polar surface area (TPSA) is 113 Å². The van der Waals surface area contributed by atoms with Crippen LogP contribution >= 0.6 is 0 Å². The van der Waals surface area contributed by atoms with Crippen molar-refractivity contribution < 1.29 is 25.2 Å². The highest BCUT2D eigenvalue weighted by Crippen LogP contribution is 2.37. The van der Waals surface area contributed by atoms with Crippen LogP contribution in [0.3, 0.4) is 0 Å². The summed E-state index contributed by atoms with van der Waals surface area (Å²) in [6.07, 6.45) is -2.50. The molecule has 2 heterocycles. The molecule has 2 aliphatic heterocycles. The van der Waals surface area contributed by atoms with Crippen molar-refractivity contribution in [3.8, 4) is 0 Å². The van der Waals surface area contributed by atoms with Gasteiger partial charge in [0.2, 0.25) is 5.91 Å². The first-order valence-corrected chi connectivity index (χ1v) is 6.14. The van der Waals surface area contributed by atoms with Crippen LogP contribution in [-0.4, -0.2) is 80.8 Å². The number of amides is 1. The van der Waals surface area contributed by atoms with Gasteiger partial charge in [-0.25, -0.2) is 0 Å². The molecule has 5 N–H and O–H groups in total. The molecule has 2 fully saturated rings. The van der Waals surface area contributed by atoms with Crippen molar-refractivity contribution in [1.29, 1.82) is 0 Å². The number of rotatable bonds is 3. The fraction of sp³-hybridized carbons (Fsp3) is 0.909. The van der Waals surface area contributed by atoms with Gasteiger partial charge in [-0.15, -0.1) is 0 Å². The molecule has 7 heteroatoms. The number of hydrogen-bond acceptors (Lipinski definition) is 6. The van der Waals surface area contributed by atoms with Crippen molar-refractivity contribution in [2.45, 2.75) is 49.8 Å². The number of aliphatic hydroxyl groups is 4. The Kier molecular flexibility index (Phi) is 3.88. The second kappa shape index (κ2) is 5.10. The van der Waals surface area contributed by atoms with Crippen molar-refractivity contribution in [1.82, 2.24) is 10.2 Å². The van der Waals surface area contributed by atoms with Crippen molar-refractivity contribution in [2.24, 2.45) is 0 Å². The van der Waals surface area contributed by atoms with Gasteiger partial charge in [-0.1, -0.05) is 0 Å². The molecule has 2 rings (SSSR count). The molecule has 7 nitrogen and oxygen atoms in total. The second-order valence-electron chi connectivity index (χ2n) is 5.06. The van der Waals surface area contributed by atoms with Crippen molar-refractivity contribution in [3.63, 3.8) is 0 Å². The van der Waals surface area contributed by atoms with Gasteiger partial charge in [0, 0.05) is 19.5 Å². The average Bonchev–Trinajstić information content (AvgIpc) is 2.76. The normalized spacial score (nSPS) is 44.1. The minimum Gasteiger partial charge on any atom is -0.395 e. The van der Waals surface area contributed by atoms with E-state index in [9.17, 15) is 25.2 Å². The van der Waals surface area contributed by atoms with Gasteiger partial charge in [0.15, 0.2) is 0 Å². The van der Waals surface area contributed by atoms with Crippen molar-refractivity contribution in [3.05, 3.63) is 0 Å². The summed E-state index contributed by atoms with van der Waals surface area (Å²) >= 11 is 0. The van der Waals surface area contributed by atoms with E-state index in [0.29, 0.717) is 6.42 Å². The largest absolute Gasteiger partial charge is 0.395 e. The maximum Gasteiger partial charge on any atom is 0.216 e. The molecule has 0 aliphatic carbocycles. The molecule has 1 amide bonds. The molecule has 0 spiro atoms. The molecule has 104 valence electrons. The molecular formula is C11H20N2O5. The molecular weight excluding hydrogens is 240 g/mol. The Bertz CT molecular complexity index is 327. The molecule has 0 bridgehead atoms. The number of hydrogen-bond donors (Lipinski definition) is 5. The Morgan fingerprint density at radius 3 is 2.56 bits per heavy atom. The van der Waals surface area contributed by atoms with Crippen LogP contribution < -0.4 is 5.32 Å². The zero-order valence-electron chi connectivity index (χ0n) is 10.2. The fourth-order valence-corrected chi connectivity index (χ4v) is 3.13. The van der Waals surface area contributed by atoms with Gasteiger partial charge in [0.05, 0.1) is 37.0 Å². The Morgan fingerprint density at radius 1 is 1.33 bits per heavy atom. The maximum atomic E-state index is 10.9. The molecule has 2 saturated heterocycles. The van der Waals surface area contributed by atoms with Crippen LogP contribution in [0.25, 0.3) is 0 Å². The molecule has 18 heavy (non-hydrogen) atoms. The Hall–Kier alpha value is -0.730. The molecule has 1 unspecified atom stereocenters. The molecule has 2 aliphatic rings. The summed E-state index contributed by atoms with van der Waals surface area (Å²) in [5, 5.41) is 41.7. The van der Waals surface area contributed by atoms with Crippen molar-refractivity contribution in [2.75, 3.05) is 13.2 Å². The Labute approximate surface area is 105 Å². The van der Waals surface area contributed by atoms with Crippen LogP contribution in [0.15, 0.2) is 0 Å². The quantitative estimate of drug-likeness (QED) is 0.370. The maximum absolute atomic E-state index is 10.9. The zero-order chi connectivity index (χ0) is 13.4. The number of carbonyl (C=O) groups excluding carboxylic acids is 1. The summed E-state index contributed by atoms with van der Waals surface area (Å²) in [5.74, 6) is -0.222.